The second-order valence-corrected chi connectivity index (χ2v) is 6.98. The first-order valence-electron chi connectivity index (χ1n) is 9.00. The lowest BCUT2D eigenvalue weighted by molar-refractivity contribution is -0.0712. The van der Waals surface area contributed by atoms with Crippen molar-refractivity contribution in [2.45, 2.75) is 44.9 Å². The summed E-state index contributed by atoms with van der Waals surface area (Å²) >= 11 is 0. The summed E-state index contributed by atoms with van der Waals surface area (Å²) in [5.74, 6) is 0.535. The van der Waals surface area contributed by atoms with Crippen molar-refractivity contribution in [1.82, 2.24) is 14.8 Å². The predicted octanol–water partition coefficient (Wildman–Crippen LogP) is 2.20. The molecule has 2 saturated heterocycles. The zero-order valence-electron chi connectivity index (χ0n) is 15.3. The van der Waals surface area contributed by atoms with Crippen LogP contribution in [0.25, 0.3) is 0 Å². The van der Waals surface area contributed by atoms with Crippen LogP contribution in [0.15, 0.2) is 18.3 Å². The smallest absolute Gasteiger partial charge is 0.322 e. The van der Waals surface area contributed by atoms with E-state index in [1.165, 1.54) is 0 Å². The summed E-state index contributed by atoms with van der Waals surface area (Å²) in [7, 11) is 1.57. The first-order chi connectivity index (χ1) is 12.0. The molecule has 3 heterocycles. The molecule has 2 aliphatic rings. The second kappa shape index (κ2) is 8.01. The van der Waals surface area contributed by atoms with Crippen molar-refractivity contribution in [3.63, 3.8) is 0 Å². The molecule has 0 spiro atoms. The number of carbonyl (C=O) groups is 1. The maximum absolute atomic E-state index is 12.7. The van der Waals surface area contributed by atoms with Crippen LogP contribution in [0.1, 0.15) is 26.7 Å². The van der Waals surface area contributed by atoms with Crippen LogP contribution in [0.5, 0.6) is 5.88 Å². The standard InChI is InChI=1S/C18H28N4O3/c1-13-10-21(11-14(2)25-13)12-16-5-4-8-22(16)18(23)20-15-6-7-17(24-3)19-9-15/h6-7,9,13-14,16H,4-5,8,10-12H2,1-3H3,(H,20,23)/t13-,14-,16-/m1/s1. The molecule has 7 heteroatoms. The fourth-order valence-corrected chi connectivity index (χ4v) is 3.79. The first-order valence-corrected chi connectivity index (χ1v) is 9.00. The lowest BCUT2D eigenvalue weighted by Crippen LogP contribution is -2.51. The topological polar surface area (TPSA) is 66.9 Å². The Morgan fingerprint density at radius 1 is 1.36 bits per heavy atom. The monoisotopic (exact) mass is 348 g/mol. The molecule has 7 nitrogen and oxygen atoms in total. The second-order valence-electron chi connectivity index (χ2n) is 6.98. The average Bonchev–Trinajstić information content (AvgIpc) is 3.03. The van der Waals surface area contributed by atoms with Gasteiger partial charge in [-0.05, 0) is 32.8 Å². The number of urea groups is 1. The van der Waals surface area contributed by atoms with Gasteiger partial charge >= 0.3 is 6.03 Å². The molecule has 1 N–H and O–H groups in total. The normalized spacial score (nSPS) is 27.3. The highest BCUT2D eigenvalue weighted by molar-refractivity contribution is 5.89. The van der Waals surface area contributed by atoms with E-state index in [0.717, 1.165) is 39.0 Å². The Balaban J connectivity index is 1.57. The average molecular weight is 348 g/mol. The third-order valence-electron chi connectivity index (χ3n) is 4.80. The van der Waals surface area contributed by atoms with Crippen molar-refractivity contribution < 1.29 is 14.3 Å². The number of nitrogens with one attached hydrogen (secondary N) is 1. The summed E-state index contributed by atoms with van der Waals surface area (Å²) in [6.45, 7) is 7.79. The lowest BCUT2D eigenvalue weighted by Gasteiger charge is -2.38. The van der Waals surface area contributed by atoms with Gasteiger partial charge in [0.2, 0.25) is 5.88 Å². The maximum Gasteiger partial charge on any atom is 0.322 e. The lowest BCUT2D eigenvalue weighted by atomic mass is 10.1. The summed E-state index contributed by atoms with van der Waals surface area (Å²) in [6, 6.07) is 3.75. The van der Waals surface area contributed by atoms with Crippen LogP contribution in [0, 0.1) is 0 Å². The Labute approximate surface area is 149 Å². The minimum atomic E-state index is -0.0520. The third kappa shape index (κ3) is 4.61. The number of amides is 2. The van der Waals surface area contributed by atoms with Gasteiger partial charge in [-0.1, -0.05) is 0 Å². The van der Waals surface area contributed by atoms with Crippen molar-refractivity contribution in [1.29, 1.82) is 0 Å². The van der Waals surface area contributed by atoms with E-state index in [9.17, 15) is 4.79 Å². The largest absolute Gasteiger partial charge is 0.481 e. The van der Waals surface area contributed by atoms with Crippen molar-refractivity contribution in [2.24, 2.45) is 0 Å². The molecule has 3 rings (SSSR count). The van der Waals surface area contributed by atoms with E-state index in [-0.39, 0.29) is 24.3 Å². The zero-order chi connectivity index (χ0) is 17.8. The molecular formula is C18H28N4O3. The van der Waals surface area contributed by atoms with Crippen LogP contribution in [0.3, 0.4) is 0 Å². The molecule has 2 aliphatic heterocycles. The number of anilines is 1. The Morgan fingerprint density at radius 2 is 2.12 bits per heavy atom. The molecule has 138 valence electrons. The Hall–Kier alpha value is -1.86. The summed E-state index contributed by atoms with van der Waals surface area (Å²) in [5, 5.41) is 2.95. The van der Waals surface area contributed by atoms with Gasteiger partial charge in [-0.2, -0.15) is 0 Å². The highest BCUT2D eigenvalue weighted by atomic mass is 16.5. The van der Waals surface area contributed by atoms with Gasteiger partial charge < -0.3 is 19.7 Å². The molecule has 25 heavy (non-hydrogen) atoms. The van der Waals surface area contributed by atoms with Gasteiger partial charge in [-0.15, -0.1) is 0 Å². The van der Waals surface area contributed by atoms with Crippen LogP contribution in [0.2, 0.25) is 0 Å². The number of pyridine rings is 1. The van der Waals surface area contributed by atoms with Crippen molar-refractivity contribution in [2.75, 3.05) is 38.6 Å². The number of carbonyl (C=O) groups excluding carboxylic acids is 1. The van der Waals surface area contributed by atoms with E-state index in [2.05, 4.69) is 29.0 Å². The molecule has 0 aromatic carbocycles. The van der Waals surface area contributed by atoms with E-state index in [0.29, 0.717) is 11.6 Å². The molecule has 0 saturated carbocycles. The molecule has 0 unspecified atom stereocenters. The summed E-state index contributed by atoms with van der Waals surface area (Å²) in [5.41, 5.74) is 0.685. The predicted molar refractivity (Wildman–Crippen MR) is 96.0 cm³/mol. The Bertz CT molecular complexity index is 570. The molecular weight excluding hydrogens is 320 g/mol. The molecule has 2 amide bonds. The van der Waals surface area contributed by atoms with Gasteiger partial charge in [0.1, 0.15) is 0 Å². The zero-order valence-corrected chi connectivity index (χ0v) is 15.3. The van der Waals surface area contributed by atoms with Crippen molar-refractivity contribution >= 4 is 11.7 Å². The number of rotatable bonds is 4. The van der Waals surface area contributed by atoms with Crippen LogP contribution in [-0.2, 0) is 4.74 Å². The number of nitrogens with zero attached hydrogens (tertiary/aromatic N) is 3. The van der Waals surface area contributed by atoms with E-state index >= 15 is 0 Å². The van der Waals surface area contributed by atoms with Crippen LogP contribution in [-0.4, -0.2) is 72.4 Å². The number of hydrogen-bond donors (Lipinski definition) is 1. The van der Waals surface area contributed by atoms with Gasteiger partial charge in [-0.3, -0.25) is 4.90 Å². The van der Waals surface area contributed by atoms with Gasteiger partial charge in [0.05, 0.1) is 31.2 Å². The number of aromatic nitrogens is 1. The van der Waals surface area contributed by atoms with Crippen molar-refractivity contribution in [3.05, 3.63) is 18.3 Å². The highest BCUT2D eigenvalue weighted by Gasteiger charge is 2.32. The number of methoxy groups -OCH3 is 1. The van der Waals surface area contributed by atoms with Crippen LogP contribution >= 0.6 is 0 Å². The Kier molecular flexibility index (Phi) is 5.75. The van der Waals surface area contributed by atoms with Crippen LogP contribution < -0.4 is 10.1 Å². The number of morpholine rings is 1. The highest BCUT2D eigenvalue weighted by Crippen LogP contribution is 2.22. The minimum absolute atomic E-state index is 0.0520. The SMILES string of the molecule is COc1ccc(NC(=O)N2CCC[C@@H]2CN2C[C@@H](C)O[C@H](C)C2)cn1. The molecule has 0 radical (unpaired) electrons. The van der Waals surface area contributed by atoms with Gasteiger partial charge in [0.15, 0.2) is 0 Å². The van der Waals surface area contributed by atoms with Crippen molar-refractivity contribution in [3.8, 4) is 5.88 Å². The van der Waals surface area contributed by atoms with Gasteiger partial charge in [0, 0.05) is 38.3 Å². The minimum Gasteiger partial charge on any atom is -0.481 e. The molecule has 0 bridgehead atoms. The fraction of sp³-hybridized carbons (Fsp3) is 0.667. The van der Waals surface area contributed by atoms with Gasteiger partial charge in [-0.25, -0.2) is 9.78 Å². The maximum atomic E-state index is 12.7. The fourth-order valence-electron chi connectivity index (χ4n) is 3.79. The summed E-state index contributed by atoms with van der Waals surface area (Å²) < 4.78 is 10.8. The van der Waals surface area contributed by atoms with E-state index in [4.69, 9.17) is 9.47 Å². The molecule has 3 atom stereocenters. The molecule has 0 aliphatic carbocycles. The quantitative estimate of drug-likeness (QED) is 0.903. The first kappa shape index (κ1) is 17.9. The summed E-state index contributed by atoms with van der Waals surface area (Å²) in [6.07, 6.45) is 4.21. The molecule has 1 aromatic heterocycles. The Morgan fingerprint density at radius 3 is 2.76 bits per heavy atom. The molecule has 2 fully saturated rings. The molecule has 1 aromatic rings. The van der Waals surface area contributed by atoms with E-state index < -0.39 is 0 Å². The number of likely N-dealkylation sites (tertiary alicyclic amines) is 1. The number of ether oxygens (including phenoxy) is 2. The third-order valence-corrected chi connectivity index (χ3v) is 4.80. The van der Waals surface area contributed by atoms with E-state index in [1.807, 2.05) is 4.90 Å². The number of hydrogen-bond acceptors (Lipinski definition) is 5. The van der Waals surface area contributed by atoms with Crippen LogP contribution in [0.4, 0.5) is 10.5 Å². The van der Waals surface area contributed by atoms with Gasteiger partial charge in [0.25, 0.3) is 0 Å². The summed E-state index contributed by atoms with van der Waals surface area (Å²) in [4.78, 5) is 21.2. The van der Waals surface area contributed by atoms with E-state index in [1.54, 1.807) is 25.4 Å².